The predicted molar refractivity (Wildman–Crippen MR) is 97.0 cm³/mol. The van der Waals surface area contributed by atoms with E-state index in [4.69, 9.17) is 9.47 Å². The number of halogens is 6. The van der Waals surface area contributed by atoms with Gasteiger partial charge in [0, 0.05) is 11.6 Å². The summed E-state index contributed by atoms with van der Waals surface area (Å²) in [7, 11) is 0. The van der Waals surface area contributed by atoms with Gasteiger partial charge in [-0.3, -0.25) is 0 Å². The molecule has 1 aliphatic rings. The van der Waals surface area contributed by atoms with E-state index >= 15 is 0 Å². The van der Waals surface area contributed by atoms with Crippen LogP contribution in [0.4, 0.5) is 26.3 Å². The van der Waals surface area contributed by atoms with Crippen LogP contribution >= 0.6 is 0 Å². The van der Waals surface area contributed by atoms with Crippen LogP contribution in [0.25, 0.3) is 5.69 Å². The van der Waals surface area contributed by atoms with Crippen molar-refractivity contribution in [3.63, 3.8) is 0 Å². The van der Waals surface area contributed by atoms with E-state index in [1.807, 2.05) is 0 Å². The maximum absolute atomic E-state index is 14.3. The van der Waals surface area contributed by atoms with Gasteiger partial charge in [-0.15, -0.1) is 0 Å². The second-order valence-electron chi connectivity index (χ2n) is 6.98. The fourth-order valence-electron chi connectivity index (χ4n) is 3.12. The van der Waals surface area contributed by atoms with Crippen LogP contribution in [-0.4, -0.2) is 40.0 Å². The smallest absolute Gasteiger partial charge is 0.457 e. The quantitative estimate of drug-likeness (QED) is 0.367. The number of benzene rings is 2. The second-order valence-corrected chi connectivity index (χ2v) is 6.98. The molecular formula is C20H15F6N3O3. The van der Waals surface area contributed by atoms with Crippen LogP contribution in [0.2, 0.25) is 0 Å². The Labute approximate surface area is 177 Å². The number of hydrogen-bond donors (Lipinski definition) is 0. The molecule has 3 aromatic rings. The van der Waals surface area contributed by atoms with Gasteiger partial charge in [-0.05, 0) is 37.3 Å². The van der Waals surface area contributed by atoms with Gasteiger partial charge in [-0.25, -0.2) is 8.78 Å². The zero-order chi connectivity index (χ0) is 23.1. The van der Waals surface area contributed by atoms with E-state index in [0.717, 1.165) is 30.6 Å². The molecule has 0 radical (unpaired) electrons. The van der Waals surface area contributed by atoms with Crippen LogP contribution in [0.1, 0.15) is 12.5 Å². The van der Waals surface area contributed by atoms with Crippen molar-refractivity contribution in [2.45, 2.75) is 31.2 Å². The van der Waals surface area contributed by atoms with Crippen LogP contribution in [0.3, 0.4) is 0 Å². The number of nitrogens with zero attached hydrogens (tertiary/aromatic N) is 3. The minimum Gasteiger partial charge on any atom is -0.457 e. The Balaban J connectivity index is 1.52. The zero-order valence-electron chi connectivity index (χ0n) is 16.3. The van der Waals surface area contributed by atoms with Gasteiger partial charge in [0.05, 0.1) is 12.3 Å². The number of epoxide rings is 1. The van der Waals surface area contributed by atoms with Gasteiger partial charge in [0.15, 0.2) is 5.60 Å². The first-order valence-electron chi connectivity index (χ1n) is 9.24. The van der Waals surface area contributed by atoms with Crippen molar-refractivity contribution in [3.05, 3.63) is 66.0 Å². The van der Waals surface area contributed by atoms with E-state index in [1.54, 1.807) is 6.92 Å². The second kappa shape index (κ2) is 8.01. The fourth-order valence-corrected chi connectivity index (χ4v) is 3.12. The van der Waals surface area contributed by atoms with Gasteiger partial charge < -0.3 is 14.2 Å². The van der Waals surface area contributed by atoms with Gasteiger partial charge in [-0.2, -0.15) is 32.3 Å². The SMILES string of the molecule is C[C@@H](Oc1ncnn1-c1ccc(OC(F)(F)C(F)F)cc1)[C@@]1(c2ccc(F)cc2F)CO1. The molecule has 2 aromatic carbocycles. The molecule has 0 unspecified atom stereocenters. The molecule has 1 saturated heterocycles. The molecule has 2 heterocycles. The molecule has 32 heavy (non-hydrogen) atoms. The van der Waals surface area contributed by atoms with E-state index < -0.39 is 41.6 Å². The molecular weight excluding hydrogens is 444 g/mol. The zero-order valence-corrected chi connectivity index (χ0v) is 16.3. The van der Waals surface area contributed by atoms with Gasteiger partial charge in [-0.1, -0.05) is 6.07 Å². The standard InChI is InChI=1S/C20H15F6N3O3/c1-11(19(9-30-19)15-7-2-12(21)8-16(15)22)31-18-27-10-28-29(18)13-3-5-14(6-4-13)32-20(25,26)17(23)24/h2-8,10-11,17H,9H2,1H3/t11-,19-/m1/s1. The maximum Gasteiger partial charge on any atom is 0.461 e. The van der Waals surface area contributed by atoms with Crippen LogP contribution < -0.4 is 9.47 Å². The summed E-state index contributed by atoms with van der Waals surface area (Å²) in [6.07, 6.45) is -8.22. The van der Waals surface area contributed by atoms with Crippen LogP contribution in [-0.2, 0) is 10.3 Å². The molecule has 1 fully saturated rings. The topological polar surface area (TPSA) is 61.7 Å². The molecule has 1 aliphatic heterocycles. The van der Waals surface area contributed by atoms with E-state index in [9.17, 15) is 26.3 Å². The van der Waals surface area contributed by atoms with Crippen molar-refractivity contribution in [1.82, 2.24) is 14.8 Å². The number of ether oxygens (including phenoxy) is 3. The lowest BCUT2D eigenvalue weighted by atomic mass is 9.94. The summed E-state index contributed by atoms with van der Waals surface area (Å²) in [4.78, 5) is 3.98. The van der Waals surface area contributed by atoms with Crippen LogP contribution in [0.5, 0.6) is 11.8 Å². The third-order valence-corrected chi connectivity index (χ3v) is 4.89. The van der Waals surface area contributed by atoms with E-state index in [2.05, 4.69) is 14.8 Å². The first-order valence-corrected chi connectivity index (χ1v) is 9.24. The average molecular weight is 459 g/mol. The van der Waals surface area contributed by atoms with Crippen molar-refractivity contribution < 1.29 is 40.6 Å². The molecule has 0 N–H and O–H groups in total. The van der Waals surface area contributed by atoms with Crippen molar-refractivity contribution in [1.29, 1.82) is 0 Å². The van der Waals surface area contributed by atoms with E-state index in [0.29, 0.717) is 5.69 Å². The van der Waals surface area contributed by atoms with Gasteiger partial charge in [0.1, 0.15) is 29.8 Å². The summed E-state index contributed by atoms with van der Waals surface area (Å²) < 4.78 is 94.6. The summed E-state index contributed by atoms with van der Waals surface area (Å²) in [5.41, 5.74) is -0.720. The predicted octanol–water partition coefficient (Wildman–Crippen LogP) is 4.48. The van der Waals surface area contributed by atoms with Gasteiger partial charge in [0.25, 0.3) is 0 Å². The van der Waals surface area contributed by atoms with Crippen molar-refractivity contribution in [2.75, 3.05) is 6.61 Å². The van der Waals surface area contributed by atoms with Crippen molar-refractivity contribution in [2.24, 2.45) is 0 Å². The molecule has 170 valence electrons. The Morgan fingerprint density at radius 2 is 1.81 bits per heavy atom. The van der Waals surface area contributed by atoms with Crippen LogP contribution in [0, 0.1) is 11.6 Å². The molecule has 0 saturated carbocycles. The number of hydrogen-bond acceptors (Lipinski definition) is 5. The molecule has 1 aromatic heterocycles. The first kappa shape index (κ1) is 21.9. The Morgan fingerprint density at radius 3 is 2.41 bits per heavy atom. The number of aromatic nitrogens is 3. The highest BCUT2D eigenvalue weighted by molar-refractivity contribution is 5.38. The average Bonchev–Trinajstić information content (AvgIpc) is 3.41. The lowest BCUT2D eigenvalue weighted by Gasteiger charge is -2.22. The molecule has 0 aliphatic carbocycles. The maximum atomic E-state index is 14.3. The summed E-state index contributed by atoms with van der Waals surface area (Å²) in [5.74, 6) is -1.99. The van der Waals surface area contributed by atoms with E-state index in [1.165, 1.54) is 22.9 Å². The Kier molecular flexibility index (Phi) is 5.49. The molecule has 0 bridgehead atoms. The summed E-state index contributed by atoms with van der Waals surface area (Å²) in [6, 6.07) is 7.78. The third-order valence-electron chi connectivity index (χ3n) is 4.89. The van der Waals surface area contributed by atoms with Gasteiger partial charge >= 0.3 is 18.5 Å². The highest BCUT2D eigenvalue weighted by Gasteiger charge is 2.55. The highest BCUT2D eigenvalue weighted by Crippen LogP contribution is 2.44. The lowest BCUT2D eigenvalue weighted by Crippen LogP contribution is -2.33. The molecule has 0 amide bonds. The van der Waals surface area contributed by atoms with Crippen molar-refractivity contribution >= 4 is 0 Å². The van der Waals surface area contributed by atoms with Crippen LogP contribution in [0.15, 0.2) is 48.8 Å². The molecule has 12 heteroatoms. The lowest BCUT2D eigenvalue weighted by molar-refractivity contribution is -0.253. The third kappa shape index (κ3) is 4.09. The minimum absolute atomic E-state index is 0.0264. The first-order chi connectivity index (χ1) is 15.1. The van der Waals surface area contributed by atoms with Gasteiger partial charge in [0.2, 0.25) is 0 Å². The molecule has 0 spiro atoms. The summed E-state index contributed by atoms with van der Waals surface area (Å²) in [5, 5.41) is 3.98. The summed E-state index contributed by atoms with van der Waals surface area (Å²) in [6.45, 7) is 1.74. The number of rotatable bonds is 8. The molecule has 6 nitrogen and oxygen atoms in total. The Morgan fingerprint density at radius 1 is 1.12 bits per heavy atom. The van der Waals surface area contributed by atoms with Crippen molar-refractivity contribution in [3.8, 4) is 17.4 Å². The largest absolute Gasteiger partial charge is 0.461 e. The Bertz CT molecular complexity index is 1100. The molecule has 2 atom stereocenters. The minimum atomic E-state index is -4.63. The Hall–Kier alpha value is -3.28. The fraction of sp³-hybridized carbons (Fsp3) is 0.300. The van der Waals surface area contributed by atoms with E-state index in [-0.39, 0.29) is 18.2 Å². The number of alkyl halides is 4. The highest BCUT2D eigenvalue weighted by atomic mass is 19.3. The normalized spacial score (nSPS) is 19.1. The molecule has 4 rings (SSSR count). The monoisotopic (exact) mass is 459 g/mol. The summed E-state index contributed by atoms with van der Waals surface area (Å²) >= 11 is 0.